The molecule has 0 saturated carbocycles. The number of rotatable bonds is 3. The summed E-state index contributed by atoms with van der Waals surface area (Å²) >= 11 is 1.20. The first-order chi connectivity index (χ1) is 12.8. The first kappa shape index (κ1) is 19.1. The maximum atomic E-state index is 14.2. The van der Waals surface area contributed by atoms with Crippen molar-refractivity contribution in [3.05, 3.63) is 71.1 Å². The molecule has 2 aromatic rings. The zero-order valence-corrected chi connectivity index (χ0v) is 15.9. The SMILES string of the molecule is C=C1SC(=Nc2cccc(OC)c2)N(C(=O)c2c(F)cccc2F)C1(C)C. The Labute approximate surface area is 160 Å². The van der Waals surface area contributed by atoms with E-state index in [9.17, 15) is 13.6 Å². The summed E-state index contributed by atoms with van der Waals surface area (Å²) in [5.41, 5.74) is -0.929. The normalized spacial score (nSPS) is 17.4. The Morgan fingerprint density at radius 1 is 1.19 bits per heavy atom. The Hall–Kier alpha value is -2.67. The fourth-order valence-electron chi connectivity index (χ4n) is 2.66. The highest BCUT2D eigenvalue weighted by atomic mass is 32.2. The molecule has 7 heteroatoms. The number of amides is 1. The quantitative estimate of drug-likeness (QED) is 0.731. The highest BCUT2D eigenvalue weighted by Gasteiger charge is 2.46. The van der Waals surface area contributed by atoms with Crippen molar-refractivity contribution in [3.63, 3.8) is 0 Å². The molecule has 0 bridgehead atoms. The maximum Gasteiger partial charge on any atom is 0.266 e. The number of hydrogen-bond acceptors (Lipinski definition) is 4. The molecule has 1 heterocycles. The van der Waals surface area contributed by atoms with Crippen molar-refractivity contribution >= 4 is 28.5 Å². The van der Waals surface area contributed by atoms with Crippen LogP contribution in [-0.2, 0) is 0 Å². The minimum atomic E-state index is -0.918. The van der Waals surface area contributed by atoms with Crippen LogP contribution in [0.4, 0.5) is 14.5 Å². The summed E-state index contributed by atoms with van der Waals surface area (Å²) in [6, 6.07) is 10.3. The number of ether oxygens (including phenoxy) is 1. The summed E-state index contributed by atoms with van der Waals surface area (Å²) in [5, 5.41) is 0.297. The van der Waals surface area contributed by atoms with E-state index in [4.69, 9.17) is 4.74 Å². The molecule has 0 unspecified atom stereocenters. The van der Waals surface area contributed by atoms with E-state index in [-0.39, 0.29) is 0 Å². The number of aliphatic imine (C=N–C) groups is 1. The zero-order chi connectivity index (χ0) is 19.8. The van der Waals surface area contributed by atoms with Crippen LogP contribution in [0.25, 0.3) is 0 Å². The summed E-state index contributed by atoms with van der Waals surface area (Å²) in [4.78, 5) is 19.5. The molecule has 27 heavy (non-hydrogen) atoms. The van der Waals surface area contributed by atoms with Crippen LogP contribution < -0.4 is 4.74 Å². The van der Waals surface area contributed by atoms with Gasteiger partial charge in [0.1, 0.15) is 22.9 Å². The van der Waals surface area contributed by atoms with Gasteiger partial charge in [-0.3, -0.25) is 9.69 Å². The van der Waals surface area contributed by atoms with Crippen LogP contribution in [0.5, 0.6) is 5.75 Å². The summed E-state index contributed by atoms with van der Waals surface area (Å²) in [6.45, 7) is 7.49. The molecule has 2 aromatic carbocycles. The molecule has 0 aliphatic carbocycles. The topological polar surface area (TPSA) is 41.9 Å². The van der Waals surface area contributed by atoms with Gasteiger partial charge in [0, 0.05) is 11.0 Å². The number of amidine groups is 1. The smallest absolute Gasteiger partial charge is 0.266 e. The molecular weight excluding hydrogens is 370 g/mol. The Balaban J connectivity index is 2.10. The Bertz CT molecular complexity index is 936. The van der Waals surface area contributed by atoms with Gasteiger partial charge >= 0.3 is 0 Å². The van der Waals surface area contributed by atoms with Gasteiger partial charge in [-0.1, -0.05) is 30.5 Å². The molecule has 0 spiro atoms. The van der Waals surface area contributed by atoms with Crippen LogP contribution in [0, 0.1) is 11.6 Å². The largest absolute Gasteiger partial charge is 0.497 e. The van der Waals surface area contributed by atoms with Crippen molar-refractivity contribution in [2.45, 2.75) is 19.4 Å². The van der Waals surface area contributed by atoms with Crippen molar-refractivity contribution in [1.82, 2.24) is 4.90 Å². The van der Waals surface area contributed by atoms with Gasteiger partial charge in [-0.15, -0.1) is 0 Å². The molecule has 140 valence electrons. The standard InChI is InChI=1S/C20H18F2N2O2S/c1-12-20(2,3)24(18(25)17-15(21)9-6-10-16(17)22)19(27-12)23-13-7-5-8-14(11-13)26-4/h5-11H,1H2,2-4H3. The number of carbonyl (C=O) groups is 1. The van der Waals surface area contributed by atoms with Crippen molar-refractivity contribution in [1.29, 1.82) is 0 Å². The minimum Gasteiger partial charge on any atom is -0.497 e. The Morgan fingerprint density at radius 2 is 1.81 bits per heavy atom. The highest BCUT2D eigenvalue weighted by Crippen LogP contribution is 2.44. The molecule has 0 aromatic heterocycles. The fraction of sp³-hybridized carbons (Fsp3) is 0.200. The third-order valence-electron chi connectivity index (χ3n) is 4.30. The number of methoxy groups -OCH3 is 1. The minimum absolute atomic E-state index is 0.297. The van der Waals surface area contributed by atoms with Crippen LogP contribution in [-0.4, -0.2) is 28.6 Å². The molecule has 1 fully saturated rings. The van der Waals surface area contributed by atoms with Crippen LogP contribution in [0.1, 0.15) is 24.2 Å². The van der Waals surface area contributed by atoms with Gasteiger partial charge in [-0.2, -0.15) is 0 Å². The molecule has 1 aliphatic rings. The lowest BCUT2D eigenvalue weighted by Gasteiger charge is -2.31. The second-order valence-corrected chi connectivity index (χ2v) is 7.48. The fourth-order valence-corrected chi connectivity index (χ4v) is 3.78. The van der Waals surface area contributed by atoms with Crippen molar-refractivity contribution in [3.8, 4) is 5.75 Å². The van der Waals surface area contributed by atoms with Crippen molar-refractivity contribution < 1.29 is 18.3 Å². The van der Waals surface area contributed by atoms with Gasteiger partial charge in [0.05, 0.1) is 18.3 Å². The van der Waals surface area contributed by atoms with Crippen LogP contribution in [0.2, 0.25) is 0 Å². The van der Waals surface area contributed by atoms with Gasteiger partial charge in [-0.05, 0) is 38.1 Å². The van der Waals surface area contributed by atoms with Crippen molar-refractivity contribution in [2.75, 3.05) is 7.11 Å². The first-order valence-corrected chi connectivity index (χ1v) is 8.96. The Morgan fingerprint density at radius 3 is 2.44 bits per heavy atom. The van der Waals surface area contributed by atoms with Crippen LogP contribution in [0.15, 0.2) is 58.9 Å². The van der Waals surface area contributed by atoms with Crippen LogP contribution >= 0.6 is 11.8 Å². The van der Waals surface area contributed by atoms with E-state index < -0.39 is 28.6 Å². The molecule has 0 radical (unpaired) electrons. The van der Waals surface area contributed by atoms with E-state index in [1.54, 1.807) is 38.1 Å². The summed E-state index contributed by atoms with van der Waals surface area (Å²) < 4.78 is 33.5. The first-order valence-electron chi connectivity index (χ1n) is 8.14. The lowest BCUT2D eigenvalue weighted by Crippen LogP contribution is -2.46. The average Bonchev–Trinajstić information content (AvgIpc) is 2.83. The average molecular weight is 388 g/mol. The van der Waals surface area contributed by atoms with Gasteiger partial charge < -0.3 is 4.74 Å². The molecule has 0 N–H and O–H groups in total. The third kappa shape index (κ3) is 3.47. The van der Waals surface area contributed by atoms with Gasteiger partial charge in [0.25, 0.3) is 5.91 Å². The van der Waals surface area contributed by atoms with Crippen molar-refractivity contribution in [2.24, 2.45) is 4.99 Å². The number of benzene rings is 2. The number of carbonyl (C=O) groups excluding carboxylic acids is 1. The second-order valence-electron chi connectivity index (χ2n) is 6.42. The van der Waals surface area contributed by atoms with Gasteiger partial charge in [-0.25, -0.2) is 13.8 Å². The summed E-state index contributed by atoms with van der Waals surface area (Å²) in [7, 11) is 1.54. The monoisotopic (exact) mass is 388 g/mol. The number of halogens is 2. The third-order valence-corrected chi connectivity index (χ3v) is 5.51. The summed E-state index contributed by atoms with van der Waals surface area (Å²) in [5.74, 6) is -2.03. The molecule has 1 aliphatic heterocycles. The van der Waals surface area contributed by atoms with E-state index in [1.807, 2.05) is 0 Å². The van der Waals surface area contributed by atoms with E-state index in [0.29, 0.717) is 21.5 Å². The molecule has 0 atom stereocenters. The molecule has 4 nitrogen and oxygen atoms in total. The van der Waals surface area contributed by atoms with Gasteiger partial charge in [0.2, 0.25) is 0 Å². The van der Waals surface area contributed by atoms with E-state index in [1.165, 1.54) is 29.8 Å². The number of thioether (sulfide) groups is 1. The zero-order valence-electron chi connectivity index (χ0n) is 15.1. The van der Waals surface area contributed by atoms with Crippen LogP contribution in [0.3, 0.4) is 0 Å². The maximum absolute atomic E-state index is 14.2. The van der Waals surface area contributed by atoms with E-state index >= 15 is 0 Å². The molecular formula is C20H18F2N2O2S. The molecule has 1 saturated heterocycles. The second kappa shape index (κ2) is 7.15. The van der Waals surface area contributed by atoms with Gasteiger partial charge in [0.15, 0.2) is 5.17 Å². The predicted molar refractivity (Wildman–Crippen MR) is 103 cm³/mol. The van der Waals surface area contributed by atoms with E-state index in [2.05, 4.69) is 11.6 Å². The number of hydrogen-bond donors (Lipinski definition) is 0. The lowest BCUT2D eigenvalue weighted by atomic mass is 10.0. The summed E-state index contributed by atoms with van der Waals surface area (Å²) in [6.07, 6.45) is 0. The highest BCUT2D eigenvalue weighted by molar-refractivity contribution is 8.17. The lowest BCUT2D eigenvalue weighted by molar-refractivity contribution is 0.0772. The molecule has 3 rings (SSSR count). The predicted octanol–water partition coefficient (Wildman–Crippen LogP) is 5.14. The molecule has 1 amide bonds. The Kier molecular flexibility index (Phi) is 5.06. The number of nitrogens with zero attached hydrogens (tertiary/aromatic N) is 2. The van der Waals surface area contributed by atoms with E-state index in [0.717, 1.165) is 12.1 Å².